The van der Waals surface area contributed by atoms with Crippen LogP contribution in [0.2, 0.25) is 10.0 Å². The van der Waals surface area contributed by atoms with Gasteiger partial charge in [0.2, 0.25) is 0 Å². The highest BCUT2D eigenvalue weighted by molar-refractivity contribution is 7.93. The molecule has 0 saturated heterocycles. The molecule has 0 spiro atoms. The summed E-state index contributed by atoms with van der Waals surface area (Å²) in [5.41, 5.74) is 2.30. The Labute approximate surface area is 290 Å². The largest absolute Gasteiger partial charge is 0.491 e. The van der Waals surface area contributed by atoms with Gasteiger partial charge in [0.05, 0.1) is 34.4 Å². The van der Waals surface area contributed by atoms with Crippen molar-refractivity contribution >= 4 is 62.5 Å². The molecule has 0 aromatic heterocycles. The molecule has 1 aliphatic heterocycles. The lowest BCUT2D eigenvalue weighted by atomic mass is 9.83. The molecular weight excluding hydrogens is 714 g/mol. The van der Waals surface area contributed by atoms with Crippen molar-refractivity contribution in [1.29, 1.82) is 0 Å². The van der Waals surface area contributed by atoms with E-state index in [1.54, 1.807) is 13.8 Å². The second-order valence-corrected chi connectivity index (χ2v) is 13.0. The second-order valence-electron chi connectivity index (χ2n) is 10.4. The van der Waals surface area contributed by atoms with E-state index in [1.807, 2.05) is 0 Å². The number of carbonyl (C=O) groups is 3. The summed E-state index contributed by atoms with van der Waals surface area (Å²) in [5, 5.41) is 4.95. The van der Waals surface area contributed by atoms with Crippen molar-refractivity contribution < 1.29 is 45.4 Å². The molecule has 0 radical (unpaired) electrons. The van der Waals surface area contributed by atoms with E-state index in [1.165, 1.54) is 41.3 Å². The summed E-state index contributed by atoms with van der Waals surface area (Å²) in [6.07, 6.45) is -5.49. The molecule has 49 heavy (non-hydrogen) atoms. The van der Waals surface area contributed by atoms with Crippen LogP contribution in [0.15, 0.2) is 65.6 Å². The molecule has 3 amide bonds. The fourth-order valence-electron chi connectivity index (χ4n) is 5.24. The number of benzene rings is 3. The number of esters is 1. The third kappa shape index (κ3) is 7.49. The van der Waals surface area contributed by atoms with Gasteiger partial charge in [-0.2, -0.15) is 13.2 Å². The Morgan fingerprint density at radius 1 is 0.980 bits per heavy atom. The predicted molar refractivity (Wildman–Crippen MR) is 176 cm³/mol. The molecule has 0 saturated carbocycles. The number of anilines is 2. The number of nitrogens with one attached hydrogen (secondary N) is 2. The van der Waals surface area contributed by atoms with Gasteiger partial charge in [0.1, 0.15) is 0 Å². The first-order valence-electron chi connectivity index (χ1n) is 14.8. The zero-order chi connectivity index (χ0) is 36.1. The maximum atomic E-state index is 14.8. The minimum atomic E-state index is -5.49. The number of fused-ring (bicyclic) bond motifs is 1. The molecular formula is C31H32Cl2F3N5O7S. The average Bonchev–Trinajstić information content (AvgIpc) is 3.31. The van der Waals surface area contributed by atoms with Crippen LogP contribution >= 0.6 is 23.2 Å². The van der Waals surface area contributed by atoms with Crippen LogP contribution in [0, 0.1) is 0 Å². The van der Waals surface area contributed by atoms with Crippen molar-refractivity contribution in [3.05, 3.63) is 81.8 Å². The van der Waals surface area contributed by atoms with E-state index in [-0.39, 0.29) is 42.6 Å². The molecule has 4 N–H and O–H groups in total. The molecule has 3 aromatic rings. The van der Waals surface area contributed by atoms with Gasteiger partial charge in [0.15, 0.2) is 11.3 Å². The number of rotatable bonds is 13. The fourth-order valence-corrected chi connectivity index (χ4v) is 7.17. The Morgan fingerprint density at radius 3 is 2.22 bits per heavy atom. The highest BCUT2D eigenvalue weighted by Crippen LogP contribution is 2.54. The Morgan fingerprint density at radius 2 is 1.63 bits per heavy atom. The van der Waals surface area contributed by atoms with E-state index >= 15 is 0 Å². The average molecular weight is 747 g/mol. The SMILES string of the molecule is CCN(CC)C(=O)Nc1ccc(S(=O)(=O)N2C(=O)C(NCCOCCN)(c3ccccc3Cl)c3c2ccc(Cl)c3OC(=O)C(F)(F)F)cc1. The van der Waals surface area contributed by atoms with Gasteiger partial charge in [0, 0.05) is 42.5 Å². The van der Waals surface area contributed by atoms with Gasteiger partial charge in [-0.05, 0) is 56.3 Å². The normalized spacial score (nSPS) is 16.0. The third-order valence-electron chi connectivity index (χ3n) is 7.48. The summed E-state index contributed by atoms with van der Waals surface area (Å²) in [7, 11) is -4.87. The lowest BCUT2D eigenvalue weighted by Gasteiger charge is -2.32. The third-order valence-corrected chi connectivity index (χ3v) is 9.82. The van der Waals surface area contributed by atoms with E-state index in [9.17, 15) is 36.0 Å². The van der Waals surface area contributed by atoms with Crippen molar-refractivity contribution in [3.63, 3.8) is 0 Å². The Kier molecular flexibility index (Phi) is 11.8. The van der Waals surface area contributed by atoms with E-state index in [2.05, 4.69) is 10.6 Å². The number of carbonyl (C=O) groups excluding carboxylic acids is 3. The van der Waals surface area contributed by atoms with E-state index in [0.717, 1.165) is 24.3 Å². The molecule has 1 heterocycles. The molecule has 0 bridgehead atoms. The summed E-state index contributed by atoms with van der Waals surface area (Å²) in [6, 6.07) is 12.3. The van der Waals surface area contributed by atoms with Gasteiger partial charge in [-0.15, -0.1) is 0 Å². The standard InChI is InChI=1S/C31H32Cl2F3N5O7S/c1-3-40(4-2)29(44)39-19-9-11-20(12-10-19)49(45,46)41-24-14-13-23(33)26(48-28(43)31(34,35)36)25(24)30(27(41)42,38-16-18-47-17-15-37)21-7-5-6-8-22(21)32/h5-14,38H,3-4,15-18,37H2,1-2H3,(H,39,44). The molecule has 0 fully saturated rings. The van der Waals surface area contributed by atoms with Gasteiger partial charge < -0.3 is 25.4 Å². The molecule has 1 aliphatic rings. The summed E-state index contributed by atoms with van der Waals surface area (Å²) in [6.45, 7) is 4.44. The summed E-state index contributed by atoms with van der Waals surface area (Å²) >= 11 is 12.9. The summed E-state index contributed by atoms with van der Waals surface area (Å²) in [5.74, 6) is -4.81. The minimum Gasteiger partial charge on any atom is -0.418 e. The Hall–Kier alpha value is -3.93. The number of urea groups is 1. The smallest absolute Gasteiger partial charge is 0.418 e. The number of alkyl halides is 3. The molecule has 4 rings (SSSR count). The van der Waals surface area contributed by atoms with Gasteiger partial charge in [0.25, 0.3) is 15.9 Å². The number of amides is 3. The first-order chi connectivity index (χ1) is 23.1. The van der Waals surface area contributed by atoms with Crippen molar-refractivity contribution in [2.24, 2.45) is 5.73 Å². The summed E-state index contributed by atoms with van der Waals surface area (Å²) < 4.78 is 79.7. The van der Waals surface area contributed by atoms with Crippen molar-refractivity contribution in [1.82, 2.24) is 10.2 Å². The van der Waals surface area contributed by atoms with Crippen LogP contribution in [-0.2, 0) is 29.9 Å². The van der Waals surface area contributed by atoms with Crippen LogP contribution in [0.5, 0.6) is 5.75 Å². The minimum absolute atomic E-state index is 0.0829. The number of ether oxygens (including phenoxy) is 2. The zero-order valence-corrected chi connectivity index (χ0v) is 28.5. The first kappa shape index (κ1) is 37.9. The molecule has 264 valence electrons. The van der Waals surface area contributed by atoms with Crippen molar-refractivity contribution in [3.8, 4) is 5.75 Å². The van der Waals surface area contributed by atoms with Gasteiger partial charge in [-0.25, -0.2) is 22.3 Å². The maximum Gasteiger partial charge on any atom is 0.491 e. The molecule has 18 heteroatoms. The number of nitrogens with two attached hydrogens (primary N) is 1. The van der Waals surface area contributed by atoms with E-state index in [4.69, 9.17) is 38.4 Å². The van der Waals surface area contributed by atoms with Crippen LogP contribution in [0.25, 0.3) is 0 Å². The lowest BCUT2D eigenvalue weighted by Crippen LogP contribution is -2.54. The number of hydrogen-bond donors (Lipinski definition) is 3. The number of halogens is 5. The number of nitrogens with zero attached hydrogens (tertiary/aromatic N) is 2. The molecule has 1 atom stereocenters. The zero-order valence-electron chi connectivity index (χ0n) is 26.1. The van der Waals surface area contributed by atoms with Crippen LogP contribution < -0.4 is 25.4 Å². The lowest BCUT2D eigenvalue weighted by molar-refractivity contribution is -0.189. The molecule has 0 aliphatic carbocycles. The number of sulfonamides is 1. The molecule has 3 aromatic carbocycles. The van der Waals surface area contributed by atoms with Gasteiger partial charge in [-0.1, -0.05) is 41.4 Å². The van der Waals surface area contributed by atoms with Crippen molar-refractivity contribution in [2.75, 3.05) is 49.0 Å². The quantitative estimate of drug-likeness (QED) is 0.126. The van der Waals surface area contributed by atoms with Crippen LogP contribution in [0.1, 0.15) is 25.0 Å². The highest BCUT2D eigenvalue weighted by Gasteiger charge is 2.59. The van der Waals surface area contributed by atoms with Crippen LogP contribution in [-0.4, -0.2) is 76.8 Å². The first-order valence-corrected chi connectivity index (χ1v) is 17.0. The highest BCUT2D eigenvalue weighted by atomic mass is 35.5. The molecule has 12 nitrogen and oxygen atoms in total. The molecule has 1 unspecified atom stereocenters. The fraction of sp³-hybridized carbons (Fsp3) is 0.323. The predicted octanol–water partition coefficient (Wildman–Crippen LogP) is 4.88. The van der Waals surface area contributed by atoms with E-state index < -0.39 is 66.6 Å². The van der Waals surface area contributed by atoms with Gasteiger partial charge in [-0.3, -0.25) is 10.1 Å². The van der Waals surface area contributed by atoms with E-state index in [0.29, 0.717) is 17.4 Å². The van der Waals surface area contributed by atoms with Crippen molar-refractivity contribution in [2.45, 2.75) is 30.5 Å². The van der Waals surface area contributed by atoms with Gasteiger partial charge >= 0.3 is 18.2 Å². The maximum absolute atomic E-state index is 14.8. The second kappa shape index (κ2) is 15.3. The Bertz CT molecular complexity index is 1830. The summed E-state index contributed by atoms with van der Waals surface area (Å²) in [4.78, 5) is 40.5. The Balaban J connectivity index is 1.94. The topological polar surface area (TPSA) is 160 Å². The number of hydrogen-bond acceptors (Lipinski definition) is 9. The monoisotopic (exact) mass is 745 g/mol. The van der Waals surface area contributed by atoms with Crippen LogP contribution in [0.4, 0.5) is 29.3 Å². The van der Waals surface area contributed by atoms with Crippen LogP contribution in [0.3, 0.4) is 0 Å².